The van der Waals surface area contributed by atoms with Gasteiger partial charge in [0.15, 0.2) is 0 Å². The molecule has 2 rings (SSSR count). The van der Waals surface area contributed by atoms with Gasteiger partial charge in [0.1, 0.15) is 5.82 Å². The number of benzene rings is 1. The highest BCUT2D eigenvalue weighted by atomic mass is 19.1. The first-order chi connectivity index (χ1) is 9.63. The first-order valence-corrected chi connectivity index (χ1v) is 7.29. The minimum atomic E-state index is -0.188. The van der Waals surface area contributed by atoms with Crippen molar-refractivity contribution in [3.05, 3.63) is 35.6 Å². The van der Waals surface area contributed by atoms with Crippen LogP contribution in [0.4, 0.5) is 4.39 Å². The van der Waals surface area contributed by atoms with E-state index in [4.69, 9.17) is 9.47 Å². The minimum absolute atomic E-state index is 0.130. The van der Waals surface area contributed by atoms with E-state index in [1.807, 2.05) is 19.1 Å². The van der Waals surface area contributed by atoms with Gasteiger partial charge in [-0.05, 0) is 44.4 Å². The molecule has 112 valence electrons. The summed E-state index contributed by atoms with van der Waals surface area (Å²) in [5.74, 6) is -0.188. The fourth-order valence-corrected chi connectivity index (χ4v) is 2.84. The monoisotopic (exact) mass is 281 g/mol. The van der Waals surface area contributed by atoms with E-state index < -0.39 is 0 Å². The van der Waals surface area contributed by atoms with Crippen LogP contribution in [0.15, 0.2) is 24.3 Å². The fourth-order valence-electron chi connectivity index (χ4n) is 2.84. The molecule has 1 N–H and O–H groups in total. The Morgan fingerprint density at radius 2 is 2.05 bits per heavy atom. The zero-order valence-electron chi connectivity index (χ0n) is 12.4. The third kappa shape index (κ3) is 3.78. The van der Waals surface area contributed by atoms with E-state index in [0.717, 1.165) is 25.0 Å². The predicted molar refractivity (Wildman–Crippen MR) is 77.3 cm³/mol. The maximum absolute atomic E-state index is 12.9. The van der Waals surface area contributed by atoms with Crippen LogP contribution in [-0.2, 0) is 15.9 Å². The van der Waals surface area contributed by atoms with Crippen molar-refractivity contribution in [1.29, 1.82) is 0 Å². The number of hydrogen-bond acceptors (Lipinski definition) is 3. The smallest absolute Gasteiger partial charge is 0.123 e. The topological polar surface area (TPSA) is 30.5 Å². The van der Waals surface area contributed by atoms with Gasteiger partial charge in [-0.1, -0.05) is 12.1 Å². The summed E-state index contributed by atoms with van der Waals surface area (Å²) in [7, 11) is 1.73. The molecule has 1 aliphatic rings. The first kappa shape index (κ1) is 15.4. The van der Waals surface area contributed by atoms with Crippen LogP contribution >= 0.6 is 0 Å². The highest BCUT2D eigenvalue weighted by Gasteiger charge is 2.42. The molecular formula is C16H24FNO2. The van der Waals surface area contributed by atoms with Gasteiger partial charge in [-0.25, -0.2) is 4.39 Å². The molecule has 0 bridgehead atoms. The average molecular weight is 281 g/mol. The van der Waals surface area contributed by atoms with Gasteiger partial charge in [0.05, 0.1) is 12.2 Å². The molecule has 1 aromatic rings. The van der Waals surface area contributed by atoms with Gasteiger partial charge in [0.2, 0.25) is 0 Å². The summed E-state index contributed by atoms with van der Waals surface area (Å²) in [6, 6.07) is 7.36. The molecule has 4 atom stereocenters. The third-order valence-electron chi connectivity index (χ3n) is 3.86. The molecule has 0 spiro atoms. The number of ether oxygens (including phenoxy) is 2. The molecule has 0 heterocycles. The Bertz CT molecular complexity index is 409. The van der Waals surface area contributed by atoms with Crippen molar-refractivity contribution in [3.8, 4) is 0 Å². The van der Waals surface area contributed by atoms with E-state index in [1.165, 1.54) is 12.1 Å². The second-order valence-electron chi connectivity index (χ2n) is 5.43. The quantitative estimate of drug-likeness (QED) is 0.833. The first-order valence-electron chi connectivity index (χ1n) is 7.29. The molecule has 4 unspecified atom stereocenters. The van der Waals surface area contributed by atoms with Crippen molar-refractivity contribution in [2.24, 2.45) is 0 Å². The van der Waals surface area contributed by atoms with Gasteiger partial charge in [-0.2, -0.15) is 0 Å². The second-order valence-corrected chi connectivity index (χ2v) is 5.43. The fraction of sp³-hybridized carbons (Fsp3) is 0.625. The van der Waals surface area contributed by atoms with E-state index in [1.54, 1.807) is 7.11 Å². The van der Waals surface area contributed by atoms with E-state index in [9.17, 15) is 4.39 Å². The van der Waals surface area contributed by atoms with Gasteiger partial charge in [0.25, 0.3) is 0 Å². The highest BCUT2D eigenvalue weighted by molar-refractivity contribution is 5.17. The van der Waals surface area contributed by atoms with Gasteiger partial charge in [-0.15, -0.1) is 0 Å². The van der Waals surface area contributed by atoms with E-state index in [-0.39, 0.29) is 18.0 Å². The number of rotatable bonds is 7. The van der Waals surface area contributed by atoms with Crippen LogP contribution in [0.5, 0.6) is 0 Å². The SMILES string of the molecule is CCOC1CC(NC(C)Cc2ccc(F)cc2)C1OC. The summed E-state index contributed by atoms with van der Waals surface area (Å²) in [5.41, 5.74) is 1.14. The summed E-state index contributed by atoms with van der Waals surface area (Å²) in [4.78, 5) is 0. The van der Waals surface area contributed by atoms with Crippen molar-refractivity contribution in [2.45, 2.75) is 51.0 Å². The summed E-state index contributed by atoms with van der Waals surface area (Å²) in [6.07, 6.45) is 2.21. The molecule has 0 amide bonds. The Hall–Kier alpha value is -0.970. The van der Waals surface area contributed by atoms with Crippen LogP contribution in [0.3, 0.4) is 0 Å². The summed E-state index contributed by atoms with van der Waals surface area (Å²) in [6.45, 7) is 4.87. The van der Waals surface area contributed by atoms with E-state index >= 15 is 0 Å². The number of halogens is 1. The molecule has 1 saturated carbocycles. The Morgan fingerprint density at radius 1 is 1.35 bits per heavy atom. The predicted octanol–water partition coefficient (Wildman–Crippen LogP) is 2.54. The van der Waals surface area contributed by atoms with Crippen molar-refractivity contribution in [3.63, 3.8) is 0 Å². The summed E-state index contributed by atoms with van der Waals surface area (Å²) in [5, 5.41) is 3.57. The van der Waals surface area contributed by atoms with Crippen LogP contribution in [-0.4, -0.2) is 38.0 Å². The van der Waals surface area contributed by atoms with Crippen molar-refractivity contribution >= 4 is 0 Å². The van der Waals surface area contributed by atoms with Crippen molar-refractivity contribution in [1.82, 2.24) is 5.32 Å². The normalized spacial score (nSPS) is 27.1. The maximum atomic E-state index is 12.9. The zero-order chi connectivity index (χ0) is 14.5. The van der Waals surface area contributed by atoms with Gasteiger partial charge in [0, 0.05) is 25.8 Å². The largest absolute Gasteiger partial charge is 0.377 e. The Kier molecular flexibility index (Phi) is 5.52. The van der Waals surface area contributed by atoms with Crippen molar-refractivity contribution < 1.29 is 13.9 Å². The third-order valence-corrected chi connectivity index (χ3v) is 3.86. The molecule has 0 aliphatic heterocycles. The number of nitrogens with one attached hydrogen (secondary N) is 1. The Morgan fingerprint density at radius 3 is 2.65 bits per heavy atom. The van der Waals surface area contributed by atoms with Crippen LogP contribution in [0, 0.1) is 5.82 Å². The summed E-state index contributed by atoms with van der Waals surface area (Å²) >= 11 is 0. The minimum Gasteiger partial charge on any atom is -0.377 e. The zero-order valence-corrected chi connectivity index (χ0v) is 12.4. The lowest BCUT2D eigenvalue weighted by Gasteiger charge is -2.44. The maximum Gasteiger partial charge on any atom is 0.123 e. The number of hydrogen-bond donors (Lipinski definition) is 1. The molecular weight excluding hydrogens is 257 g/mol. The number of methoxy groups -OCH3 is 1. The summed E-state index contributed by atoms with van der Waals surface area (Å²) < 4.78 is 24.0. The van der Waals surface area contributed by atoms with Gasteiger partial charge in [-0.3, -0.25) is 0 Å². The molecule has 1 aliphatic carbocycles. The molecule has 3 nitrogen and oxygen atoms in total. The standard InChI is InChI=1S/C16H24FNO2/c1-4-20-15-10-14(16(15)19-3)18-11(2)9-12-5-7-13(17)8-6-12/h5-8,11,14-16,18H,4,9-10H2,1-3H3. The lowest BCUT2D eigenvalue weighted by molar-refractivity contribution is -0.132. The molecule has 0 saturated heterocycles. The van der Waals surface area contributed by atoms with Crippen LogP contribution in [0.25, 0.3) is 0 Å². The average Bonchev–Trinajstić information content (AvgIpc) is 2.40. The van der Waals surface area contributed by atoms with Crippen LogP contribution in [0.2, 0.25) is 0 Å². The molecule has 1 fully saturated rings. The lowest BCUT2D eigenvalue weighted by Crippen LogP contribution is -2.61. The van der Waals surface area contributed by atoms with E-state index in [2.05, 4.69) is 12.2 Å². The molecule has 0 aromatic heterocycles. The molecule has 0 radical (unpaired) electrons. The molecule has 4 heteroatoms. The molecule has 20 heavy (non-hydrogen) atoms. The highest BCUT2D eigenvalue weighted by Crippen LogP contribution is 2.27. The van der Waals surface area contributed by atoms with Crippen molar-refractivity contribution in [2.75, 3.05) is 13.7 Å². The van der Waals surface area contributed by atoms with Gasteiger partial charge >= 0.3 is 0 Å². The van der Waals surface area contributed by atoms with Crippen LogP contribution in [0.1, 0.15) is 25.8 Å². The van der Waals surface area contributed by atoms with E-state index in [0.29, 0.717) is 12.1 Å². The lowest BCUT2D eigenvalue weighted by atomic mass is 9.84. The Balaban J connectivity index is 1.80. The van der Waals surface area contributed by atoms with Gasteiger partial charge < -0.3 is 14.8 Å². The Labute approximate surface area is 120 Å². The van der Waals surface area contributed by atoms with Crippen LogP contribution < -0.4 is 5.32 Å². The molecule has 1 aromatic carbocycles. The second kappa shape index (κ2) is 7.16.